The van der Waals surface area contributed by atoms with Crippen LogP contribution in [0.4, 0.5) is 17.6 Å². The molecule has 0 aromatic heterocycles. The van der Waals surface area contributed by atoms with Crippen molar-refractivity contribution in [2.24, 2.45) is 5.92 Å². The van der Waals surface area contributed by atoms with Crippen molar-refractivity contribution in [3.8, 4) is 0 Å². The average molecular weight is 257 g/mol. The largest absolute Gasteiger partial charge is 0.393 e. The summed E-state index contributed by atoms with van der Waals surface area (Å²) in [5.41, 5.74) is 0. The topological polar surface area (TPSA) is 40.5 Å². The van der Waals surface area contributed by atoms with Gasteiger partial charge in [0.2, 0.25) is 0 Å². The van der Waals surface area contributed by atoms with Crippen LogP contribution in [-0.4, -0.2) is 47.5 Å². The van der Waals surface area contributed by atoms with Gasteiger partial charge >= 0.3 is 12.3 Å². The van der Waals surface area contributed by atoms with Gasteiger partial charge in [-0.15, -0.1) is 0 Å². The van der Waals surface area contributed by atoms with E-state index in [0.29, 0.717) is 12.8 Å². The van der Waals surface area contributed by atoms with Gasteiger partial charge in [-0.05, 0) is 25.7 Å². The van der Waals surface area contributed by atoms with E-state index in [4.69, 9.17) is 0 Å². The lowest BCUT2D eigenvalue weighted by molar-refractivity contribution is -0.182. The van der Waals surface area contributed by atoms with Crippen molar-refractivity contribution in [3.05, 3.63) is 0 Å². The van der Waals surface area contributed by atoms with E-state index in [2.05, 4.69) is 0 Å². The van der Waals surface area contributed by atoms with Crippen molar-refractivity contribution in [1.82, 2.24) is 4.90 Å². The minimum atomic E-state index is -4.61. The van der Waals surface area contributed by atoms with Crippen molar-refractivity contribution in [1.29, 1.82) is 0 Å². The fourth-order valence-corrected chi connectivity index (χ4v) is 1.89. The molecule has 1 unspecified atom stereocenters. The number of likely N-dealkylation sites (tertiary alicyclic amines) is 1. The molecule has 1 atom stereocenters. The van der Waals surface area contributed by atoms with Gasteiger partial charge in [0.1, 0.15) is 0 Å². The van der Waals surface area contributed by atoms with Crippen molar-refractivity contribution in [3.63, 3.8) is 0 Å². The normalized spacial score (nSPS) is 20.8. The Labute approximate surface area is 96.4 Å². The lowest BCUT2D eigenvalue weighted by Gasteiger charge is -2.34. The monoisotopic (exact) mass is 257 g/mol. The highest BCUT2D eigenvalue weighted by molar-refractivity contribution is 5.84. The molecule has 1 aliphatic heterocycles. The van der Waals surface area contributed by atoms with Gasteiger partial charge in [-0.2, -0.15) is 8.78 Å². The molecule has 1 N–H and O–H groups in total. The van der Waals surface area contributed by atoms with Gasteiger partial charge in [-0.1, -0.05) is 0 Å². The molecule has 1 heterocycles. The molecule has 0 saturated carbocycles. The molecule has 0 bridgehead atoms. The second kappa shape index (κ2) is 5.20. The number of aliphatic hydroxyl groups is 1. The molecule has 0 aromatic rings. The fourth-order valence-electron chi connectivity index (χ4n) is 1.89. The van der Waals surface area contributed by atoms with Crippen LogP contribution in [-0.2, 0) is 4.79 Å². The van der Waals surface area contributed by atoms with Gasteiger partial charge < -0.3 is 10.0 Å². The van der Waals surface area contributed by atoms with Gasteiger partial charge in [-0.3, -0.25) is 4.79 Å². The van der Waals surface area contributed by atoms with Crippen LogP contribution < -0.4 is 0 Å². The highest BCUT2D eigenvalue weighted by Gasteiger charge is 2.51. The molecule has 0 radical (unpaired) electrons. The van der Waals surface area contributed by atoms with Gasteiger partial charge in [0, 0.05) is 13.1 Å². The molecule has 1 amide bonds. The maximum atomic E-state index is 12.8. The van der Waals surface area contributed by atoms with Crippen LogP contribution in [0.15, 0.2) is 0 Å². The van der Waals surface area contributed by atoms with E-state index in [-0.39, 0.29) is 19.0 Å². The fraction of sp³-hybridized carbons (Fsp3) is 0.900. The van der Waals surface area contributed by atoms with Gasteiger partial charge in [-0.25, -0.2) is 8.78 Å². The molecule has 1 aliphatic rings. The maximum absolute atomic E-state index is 12.8. The Balaban J connectivity index is 2.57. The third-order valence-corrected chi connectivity index (χ3v) is 3.07. The van der Waals surface area contributed by atoms with Crippen molar-refractivity contribution < 1.29 is 27.5 Å². The Kier molecular flexibility index (Phi) is 4.35. The van der Waals surface area contributed by atoms with E-state index < -0.39 is 24.4 Å². The number of carbonyl (C=O) groups is 1. The molecule has 17 heavy (non-hydrogen) atoms. The van der Waals surface area contributed by atoms with Crippen molar-refractivity contribution >= 4 is 5.91 Å². The Morgan fingerprint density at radius 1 is 1.35 bits per heavy atom. The molecule has 3 nitrogen and oxygen atoms in total. The summed E-state index contributed by atoms with van der Waals surface area (Å²) in [6, 6.07) is 0. The molecular weight excluding hydrogens is 242 g/mol. The Hall–Kier alpha value is -0.850. The minimum absolute atomic E-state index is 0.0172. The molecule has 100 valence electrons. The lowest BCUT2D eigenvalue weighted by Crippen LogP contribution is -2.51. The molecular formula is C10H15F4NO2. The zero-order chi connectivity index (χ0) is 13.2. The van der Waals surface area contributed by atoms with E-state index >= 15 is 0 Å². The van der Waals surface area contributed by atoms with Crippen LogP contribution in [0.3, 0.4) is 0 Å². The summed E-state index contributed by atoms with van der Waals surface area (Å²) < 4.78 is 49.5. The van der Waals surface area contributed by atoms with Crippen LogP contribution in [0.2, 0.25) is 0 Å². The quantitative estimate of drug-likeness (QED) is 0.778. The summed E-state index contributed by atoms with van der Waals surface area (Å²) >= 11 is 0. The molecule has 1 fully saturated rings. The second-order valence-electron chi connectivity index (χ2n) is 4.29. The van der Waals surface area contributed by atoms with Gasteiger partial charge in [0.05, 0.1) is 6.10 Å². The van der Waals surface area contributed by atoms with Crippen molar-refractivity contribution in [2.75, 3.05) is 13.1 Å². The highest BCUT2D eigenvalue weighted by Crippen LogP contribution is 2.28. The predicted molar refractivity (Wildman–Crippen MR) is 51.9 cm³/mol. The molecule has 7 heteroatoms. The number of piperidine rings is 1. The first-order valence-electron chi connectivity index (χ1n) is 5.40. The van der Waals surface area contributed by atoms with E-state index in [1.807, 2.05) is 0 Å². The molecule has 0 aromatic carbocycles. The number of rotatable bonds is 3. The number of amides is 1. The van der Waals surface area contributed by atoms with Crippen LogP contribution in [0, 0.1) is 5.92 Å². The smallest absolute Gasteiger partial charge is 0.383 e. The molecule has 1 saturated heterocycles. The number of halogens is 4. The Bertz CT molecular complexity index is 275. The first-order valence-corrected chi connectivity index (χ1v) is 5.40. The van der Waals surface area contributed by atoms with Crippen LogP contribution >= 0.6 is 0 Å². The lowest BCUT2D eigenvalue weighted by atomic mass is 9.92. The van der Waals surface area contributed by atoms with E-state index in [1.54, 1.807) is 6.92 Å². The highest BCUT2D eigenvalue weighted by atomic mass is 19.3. The van der Waals surface area contributed by atoms with Gasteiger partial charge in [0.25, 0.3) is 5.91 Å². The van der Waals surface area contributed by atoms with Crippen LogP contribution in [0.1, 0.15) is 19.8 Å². The molecule has 0 aliphatic carbocycles. The molecule has 1 rings (SSSR count). The first-order chi connectivity index (χ1) is 7.76. The van der Waals surface area contributed by atoms with E-state index in [1.165, 1.54) is 0 Å². The summed E-state index contributed by atoms with van der Waals surface area (Å²) in [4.78, 5) is 11.9. The number of hydrogen-bond donors (Lipinski definition) is 1. The first kappa shape index (κ1) is 14.2. The van der Waals surface area contributed by atoms with Crippen LogP contribution in [0.25, 0.3) is 0 Å². The van der Waals surface area contributed by atoms with Crippen molar-refractivity contribution in [2.45, 2.75) is 38.2 Å². The Morgan fingerprint density at radius 2 is 1.82 bits per heavy atom. The van der Waals surface area contributed by atoms with Gasteiger partial charge in [0.15, 0.2) is 0 Å². The van der Waals surface area contributed by atoms with E-state index in [9.17, 15) is 27.5 Å². The van der Waals surface area contributed by atoms with Crippen LogP contribution in [0.5, 0.6) is 0 Å². The summed E-state index contributed by atoms with van der Waals surface area (Å²) in [6.07, 6.45) is -3.86. The zero-order valence-corrected chi connectivity index (χ0v) is 9.38. The maximum Gasteiger partial charge on any atom is 0.383 e. The number of aliphatic hydroxyl groups excluding tert-OH is 1. The summed E-state index contributed by atoms with van der Waals surface area (Å²) in [5, 5.41) is 9.28. The number of carbonyl (C=O) groups excluding carboxylic acids is 1. The third kappa shape index (κ3) is 3.08. The summed E-state index contributed by atoms with van der Waals surface area (Å²) in [7, 11) is 0. The summed E-state index contributed by atoms with van der Waals surface area (Å²) in [6.45, 7) is 1.54. The number of nitrogens with zero attached hydrogens (tertiary/aromatic N) is 1. The average Bonchev–Trinajstić information content (AvgIpc) is 2.27. The number of hydrogen-bond acceptors (Lipinski definition) is 2. The standard InChI is InChI=1S/C10H15F4NO2/c1-6(16)7-2-4-15(5-3-7)9(17)10(13,14)8(11)12/h6-8,16H,2-5H2,1H3. The van der Waals surface area contributed by atoms with E-state index in [0.717, 1.165) is 4.90 Å². The second-order valence-corrected chi connectivity index (χ2v) is 4.29. The SMILES string of the molecule is CC(O)C1CCN(C(=O)C(F)(F)C(F)F)CC1. The predicted octanol–water partition coefficient (Wildman–Crippen LogP) is 1.51. The third-order valence-electron chi connectivity index (χ3n) is 3.07. The Morgan fingerprint density at radius 3 is 2.18 bits per heavy atom. The number of alkyl halides is 4. The molecule has 0 spiro atoms. The zero-order valence-electron chi connectivity index (χ0n) is 9.38. The summed E-state index contributed by atoms with van der Waals surface area (Å²) in [5.74, 6) is -6.51. The minimum Gasteiger partial charge on any atom is -0.393 e.